The molecule has 3 aromatic rings. The summed E-state index contributed by atoms with van der Waals surface area (Å²) in [5.74, 6) is 1.25. The Morgan fingerprint density at radius 1 is 1.14 bits per heavy atom. The second-order valence-electron chi connectivity index (χ2n) is 6.99. The van der Waals surface area contributed by atoms with Crippen LogP contribution in [0.15, 0.2) is 41.9 Å². The quantitative estimate of drug-likeness (QED) is 0.562. The molecule has 0 saturated heterocycles. The highest BCUT2D eigenvalue weighted by Gasteiger charge is 2.16. The Morgan fingerprint density at radius 3 is 2.34 bits per heavy atom. The van der Waals surface area contributed by atoms with Crippen LogP contribution >= 0.6 is 11.3 Å². The highest BCUT2D eigenvalue weighted by molar-refractivity contribution is 7.16. The Hall–Kier alpha value is -2.86. The van der Waals surface area contributed by atoms with Crippen LogP contribution in [-0.2, 0) is 17.8 Å². The summed E-state index contributed by atoms with van der Waals surface area (Å²) in [6.07, 6.45) is 2.05. The molecule has 0 bridgehead atoms. The zero-order valence-electron chi connectivity index (χ0n) is 17.5. The number of aromatic nitrogens is 1. The molecule has 1 aromatic heterocycles. The van der Waals surface area contributed by atoms with Crippen LogP contribution in [0.5, 0.6) is 11.5 Å². The van der Waals surface area contributed by atoms with Crippen LogP contribution in [0.1, 0.15) is 22.3 Å². The number of allylic oxidation sites excluding steroid dienone is 1. The number of amides is 1. The summed E-state index contributed by atoms with van der Waals surface area (Å²) in [7, 11) is 3.26. The van der Waals surface area contributed by atoms with Crippen LogP contribution in [0.4, 0.5) is 0 Å². The second-order valence-corrected chi connectivity index (χ2v) is 7.97. The highest BCUT2D eigenvalue weighted by Crippen LogP contribution is 2.35. The van der Waals surface area contributed by atoms with E-state index in [0.717, 1.165) is 32.7 Å². The first-order chi connectivity index (χ1) is 13.9. The molecule has 1 heterocycles. The van der Waals surface area contributed by atoms with E-state index in [2.05, 4.69) is 30.6 Å². The number of thiazole rings is 1. The van der Waals surface area contributed by atoms with Gasteiger partial charge in [-0.2, -0.15) is 4.99 Å². The van der Waals surface area contributed by atoms with Gasteiger partial charge in [0, 0.05) is 6.54 Å². The fourth-order valence-corrected chi connectivity index (χ4v) is 4.79. The van der Waals surface area contributed by atoms with Gasteiger partial charge in [-0.3, -0.25) is 4.79 Å². The predicted octanol–water partition coefficient (Wildman–Crippen LogP) is 4.50. The third kappa shape index (κ3) is 4.12. The number of rotatable bonds is 6. The third-order valence-corrected chi connectivity index (χ3v) is 5.99. The largest absolute Gasteiger partial charge is 0.495 e. The van der Waals surface area contributed by atoms with E-state index >= 15 is 0 Å². The Bertz CT molecular complexity index is 1130. The molecule has 0 saturated carbocycles. The van der Waals surface area contributed by atoms with Crippen LogP contribution in [0, 0.1) is 20.8 Å². The van der Waals surface area contributed by atoms with Crippen LogP contribution in [-0.4, -0.2) is 24.7 Å². The first-order valence-corrected chi connectivity index (χ1v) is 10.2. The number of carbonyl (C=O) groups is 1. The number of benzene rings is 2. The average molecular weight is 411 g/mol. The number of ether oxygens (including phenoxy) is 2. The van der Waals surface area contributed by atoms with E-state index in [1.807, 2.05) is 30.5 Å². The molecule has 1 amide bonds. The van der Waals surface area contributed by atoms with Crippen LogP contribution < -0.4 is 14.3 Å². The fourth-order valence-electron chi connectivity index (χ4n) is 3.62. The van der Waals surface area contributed by atoms with Gasteiger partial charge >= 0.3 is 0 Å². The summed E-state index contributed by atoms with van der Waals surface area (Å²) < 4.78 is 13.9. The Kier molecular flexibility index (Phi) is 6.23. The molecular formula is C23H26N2O3S. The Morgan fingerprint density at radius 2 is 1.76 bits per heavy atom. The Balaban J connectivity index is 2.13. The molecule has 0 N–H and O–H groups in total. The zero-order chi connectivity index (χ0) is 21.1. The number of fused-ring (bicyclic) bond motifs is 1. The van der Waals surface area contributed by atoms with E-state index in [9.17, 15) is 4.79 Å². The number of methoxy groups -OCH3 is 2. The van der Waals surface area contributed by atoms with Crippen molar-refractivity contribution in [2.75, 3.05) is 14.2 Å². The van der Waals surface area contributed by atoms with Gasteiger partial charge in [0.2, 0.25) is 0 Å². The summed E-state index contributed by atoms with van der Waals surface area (Å²) in [4.78, 5) is 17.9. The maximum Gasteiger partial charge on any atom is 0.252 e. The predicted molar refractivity (Wildman–Crippen MR) is 118 cm³/mol. The molecule has 29 heavy (non-hydrogen) atoms. The molecule has 5 nitrogen and oxygen atoms in total. The number of hydrogen-bond donors (Lipinski definition) is 0. The maximum atomic E-state index is 12.9. The number of nitrogens with zero attached hydrogens (tertiary/aromatic N) is 2. The van der Waals surface area contributed by atoms with E-state index in [0.29, 0.717) is 17.1 Å². The smallest absolute Gasteiger partial charge is 0.252 e. The van der Waals surface area contributed by atoms with Crippen molar-refractivity contribution in [2.24, 2.45) is 4.99 Å². The normalized spacial score (nSPS) is 11.7. The minimum atomic E-state index is -0.178. The van der Waals surface area contributed by atoms with Crippen molar-refractivity contribution in [1.82, 2.24) is 4.57 Å². The lowest BCUT2D eigenvalue weighted by molar-refractivity contribution is -0.117. The summed E-state index contributed by atoms with van der Waals surface area (Å²) >= 11 is 1.42. The summed E-state index contributed by atoms with van der Waals surface area (Å²) in [5.41, 5.74) is 5.32. The van der Waals surface area contributed by atoms with Gasteiger partial charge in [-0.15, -0.1) is 6.58 Å². The van der Waals surface area contributed by atoms with Crippen LogP contribution in [0.3, 0.4) is 0 Å². The molecule has 0 aliphatic rings. The minimum Gasteiger partial charge on any atom is -0.495 e. The molecule has 2 aromatic carbocycles. The molecule has 0 radical (unpaired) electrons. The summed E-state index contributed by atoms with van der Waals surface area (Å²) in [6, 6.07) is 7.92. The lowest BCUT2D eigenvalue weighted by Crippen LogP contribution is -2.17. The molecule has 0 aliphatic heterocycles. The minimum absolute atomic E-state index is 0.178. The van der Waals surface area contributed by atoms with E-state index < -0.39 is 0 Å². The van der Waals surface area contributed by atoms with Gasteiger partial charge in [0.25, 0.3) is 5.91 Å². The topological polar surface area (TPSA) is 52.8 Å². The first-order valence-electron chi connectivity index (χ1n) is 9.39. The van der Waals surface area contributed by atoms with E-state index in [-0.39, 0.29) is 12.3 Å². The molecule has 0 spiro atoms. The monoisotopic (exact) mass is 410 g/mol. The van der Waals surface area contributed by atoms with Gasteiger partial charge in [-0.25, -0.2) is 0 Å². The van der Waals surface area contributed by atoms with E-state index in [1.54, 1.807) is 20.3 Å². The molecule has 6 heteroatoms. The molecule has 0 fully saturated rings. The van der Waals surface area contributed by atoms with Crippen molar-refractivity contribution in [3.05, 3.63) is 64.0 Å². The SMILES string of the molecule is C=CCn1c(=NC(=O)Cc2c(C)cc(C)cc2C)sc2c(OC)ccc(OC)c21. The second kappa shape index (κ2) is 8.66. The molecule has 0 atom stereocenters. The van der Waals surface area contributed by atoms with Gasteiger partial charge in [-0.1, -0.05) is 35.1 Å². The third-order valence-electron chi connectivity index (χ3n) is 4.89. The summed E-state index contributed by atoms with van der Waals surface area (Å²) in [6.45, 7) is 10.5. The van der Waals surface area contributed by atoms with Crippen molar-refractivity contribution >= 4 is 27.5 Å². The molecule has 0 aliphatic carbocycles. The average Bonchev–Trinajstić information content (AvgIpc) is 3.02. The molecule has 152 valence electrons. The van der Waals surface area contributed by atoms with Crippen molar-refractivity contribution in [3.63, 3.8) is 0 Å². The number of hydrogen-bond acceptors (Lipinski definition) is 4. The van der Waals surface area contributed by atoms with E-state index in [1.165, 1.54) is 16.9 Å². The zero-order valence-corrected chi connectivity index (χ0v) is 18.4. The highest BCUT2D eigenvalue weighted by atomic mass is 32.1. The van der Waals surface area contributed by atoms with Gasteiger partial charge in [0.1, 0.15) is 21.7 Å². The van der Waals surface area contributed by atoms with Crippen molar-refractivity contribution in [1.29, 1.82) is 0 Å². The van der Waals surface area contributed by atoms with Crippen LogP contribution in [0.2, 0.25) is 0 Å². The lowest BCUT2D eigenvalue weighted by Gasteiger charge is -2.09. The van der Waals surface area contributed by atoms with Crippen molar-refractivity contribution < 1.29 is 14.3 Å². The van der Waals surface area contributed by atoms with Gasteiger partial charge in [0.05, 0.1) is 20.6 Å². The molecule has 3 rings (SSSR count). The number of aryl methyl sites for hydroxylation is 3. The first kappa shape index (κ1) is 20.9. The van der Waals surface area contributed by atoms with Gasteiger partial charge in [-0.05, 0) is 49.6 Å². The van der Waals surface area contributed by atoms with Gasteiger partial charge < -0.3 is 14.0 Å². The maximum absolute atomic E-state index is 12.9. The lowest BCUT2D eigenvalue weighted by atomic mass is 9.97. The molecular weight excluding hydrogens is 384 g/mol. The fraction of sp³-hybridized carbons (Fsp3) is 0.304. The van der Waals surface area contributed by atoms with Crippen molar-refractivity contribution in [2.45, 2.75) is 33.7 Å². The van der Waals surface area contributed by atoms with Crippen molar-refractivity contribution in [3.8, 4) is 11.5 Å². The van der Waals surface area contributed by atoms with E-state index in [4.69, 9.17) is 9.47 Å². The molecule has 0 unspecified atom stereocenters. The van der Waals surface area contributed by atoms with Crippen LogP contribution in [0.25, 0.3) is 10.2 Å². The van der Waals surface area contributed by atoms with Gasteiger partial charge in [0.15, 0.2) is 4.80 Å². The summed E-state index contributed by atoms with van der Waals surface area (Å²) in [5, 5.41) is 0. The Labute approximate surface area is 174 Å². The standard InChI is InChI=1S/C23H26N2O3S/c1-7-10-25-21-18(27-5)8-9-19(28-6)22(21)29-23(25)24-20(26)13-17-15(3)11-14(2)12-16(17)4/h7-9,11-12H,1,10,13H2,2-6H3. The number of carbonyl (C=O) groups excluding carboxylic acids is 1.